The molecule has 2 amide bonds. The number of amides is 2. The van der Waals surface area contributed by atoms with Crippen molar-refractivity contribution >= 4 is 29.4 Å². The fraction of sp³-hybridized carbons (Fsp3) is 0.357. The van der Waals surface area contributed by atoms with Crippen LogP contribution in [0.3, 0.4) is 0 Å². The Morgan fingerprint density at radius 3 is 2.19 bits per heavy atom. The molecule has 1 aromatic carbocycles. The van der Waals surface area contributed by atoms with E-state index in [2.05, 4.69) is 0 Å². The van der Waals surface area contributed by atoms with Crippen molar-refractivity contribution in [3.05, 3.63) is 34.9 Å². The molecule has 2 rings (SSSR count). The molecule has 0 aliphatic carbocycles. The summed E-state index contributed by atoms with van der Waals surface area (Å²) in [7, 11) is 0. The molecule has 1 fully saturated rings. The van der Waals surface area contributed by atoms with Gasteiger partial charge in [0.1, 0.15) is 0 Å². The van der Waals surface area contributed by atoms with Crippen LogP contribution >= 0.6 is 11.6 Å². The minimum Gasteiger partial charge on any atom is -0.550 e. The number of carboxylic acids is 1. The minimum absolute atomic E-state index is 0.187. The third kappa shape index (κ3) is 3.72. The van der Waals surface area contributed by atoms with Gasteiger partial charge in [-0.3, -0.25) is 9.59 Å². The summed E-state index contributed by atoms with van der Waals surface area (Å²) in [5.41, 5.74) is 0.425. The quantitative estimate of drug-likeness (QED) is 0.722. The van der Waals surface area contributed by atoms with Crippen LogP contribution in [-0.4, -0.2) is 53.8 Å². The Hall–Kier alpha value is -2.08. The summed E-state index contributed by atoms with van der Waals surface area (Å²) < 4.78 is 0. The van der Waals surface area contributed by atoms with Gasteiger partial charge in [0.2, 0.25) is 5.91 Å². The Balaban J connectivity index is 1.95. The van der Waals surface area contributed by atoms with Crippen molar-refractivity contribution in [2.24, 2.45) is 0 Å². The molecule has 1 aliphatic heterocycles. The number of halogens is 1. The van der Waals surface area contributed by atoms with E-state index in [1.54, 1.807) is 29.2 Å². The summed E-state index contributed by atoms with van der Waals surface area (Å²) in [6, 6.07) is 6.78. The Morgan fingerprint density at radius 1 is 1.05 bits per heavy atom. The second-order valence-electron chi connectivity index (χ2n) is 4.70. The SMILES string of the molecule is O=C([O-])CC(=O)N1CCN(C(=O)c2ccccc2Cl)CC1. The number of carboxylic acid groups (broad SMARTS) is 1. The Kier molecular flexibility index (Phi) is 4.80. The normalized spacial score (nSPS) is 14.9. The second-order valence-corrected chi connectivity index (χ2v) is 5.11. The number of carbonyl (C=O) groups is 3. The lowest BCUT2D eigenvalue weighted by atomic mass is 10.1. The van der Waals surface area contributed by atoms with E-state index in [1.165, 1.54) is 4.90 Å². The molecule has 112 valence electrons. The van der Waals surface area contributed by atoms with E-state index in [0.29, 0.717) is 36.8 Å². The predicted octanol–water partition coefficient (Wildman–Crippen LogP) is -0.236. The largest absolute Gasteiger partial charge is 0.550 e. The maximum Gasteiger partial charge on any atom is 0.255 e. The van der Waals surface area contributed by atoms with Gasteiger partial charge < -0.3 is 19.7 Å². The molecule has 6 nitrogen and oxygen atoms in total. The van der Waals surface area contributed by atoms with E-state index in [0.717, 1.165) is 0 Å². The van der Waals surface area contributed by atoms with Gasteiger partial charge in [-0.25, -0.2) is 0 Å². The van der Waals surface area contributed by atoms with Crippen LogP contribution < -0.4 is 5.11 Å². The zero-order valence-electron chi connectivity index (χ0n) is 11.3. The molecule has 1 heterocycles. The van der Waals surface area contributed by atoms with Crippen LogP contribution in [0.1, 0.15) is 16.8 Å². The summed E-state index contributed by atoms with van der Waals surface area (Å²) in [5.74, 6) is -2.07. The molecule has 0 aromatic heterocycles. The monoisotopic (exact) mass is 309 g/mol. The molecular formula is C14H14ClN2O4-. The highest BCUT2D eigenvalue weighted by Gasteiger charge is 2.25. The van der Waals surface area contributed by atoms with Crippen molar-refractivity contribution < 1.29 is 19.5 Å². The molecule has 0 radical (unpaired) electrons. The van der Waals surface area contributed by atoms with Gasteiger partial charge in [0.25, 0.3) is 5.91 Å². The molecule has 1 saturated heterocycles. The first kappa shape index (κ1) is 15.3. The van der Waals surface area contributed by atoms with E-state index >= 15 is 0 Å². The number of benzene rings is 1. The number of hydrogen-bond donors (Lipinski definition) is 0. The van der Waals surface area contributed by atoms with E-state index in [1.807, 2.05) is 0 Å². The van der Waals surface area contributed by atoms with Crippen molar-refractivity contribution in [3.63, 3.8) is 0 Å². The fourth-order valence-electron chi connectivity index (χ4n) is 2.20. The number of aliphatic carboxylic acids is 1. The first-order chi connectivity index (χ1) is 9.99. The zero-order valence-corrected chi connectivity index (χ0v) is 12.0. The van der Waals surface area contributed by atoms with Gasteiger partial charge in [-0.15, -0.1) is 0 Å². The van der Waals surface area contributed by atoms with Crippen LogP contribution in [0.4, 0.5) is 0 Å². The average molecular weight is 310 g/mol. The molecule has 0 unspecified atom stereocenters. The number of hydrogen-bond acceptors (Lipinski definition) is 4. The lowest BCUT2D eigenvalue weighted by Crippen LogP contribution is -2.51. The number of piperazine rings is 1. The van der Waals surface area contributed by atoms with E-state index < -0.39 is 18.3 Å². The van der Waals surface area contributed by atoms with Crippen molar-refractivity contribution in [2.45, 2.75) is 6.42 Å². The summed E-state index contributed by atoms with van der Waals surface area (Å²) in [5, 5.41) is 10.8. The molecule has 1 aromatic rings. The van der Waals surface area contributed by atoms with Gasteiger partial charge >= 0.3 is 0 Å². The summed E-state index contributed by atoms with van der Waals surface area (Å²) in [4.78, 5) is 37.3. The van der Waals surface area contributed by atoms with Gasteiger partial charge in [0.05, 0.1) is 23.0 Å². The van der Waals surface area contributed by atoms with Crippen molar-refractivity contribution in [1.29, 1.82) is 0 Å². The Labute approximate surface area is 126 Å². The van der Waals surface area contributed by atoms with Gasteiger partial charge in [-0.05, 0) is 12.1 Å². The highest BCUT2D eigenvalue weighted by Crippen LogP contribution is 2.18. The van der Waals surface area contributed by atoms with Crippen LogP contribution in [0.2, 0.25) is 5.02 Å². The van der Waals surface area contributed by atoms with Gasteiger partial charge in [0, 0.05) is 26.2 Å². The Bertz CT molecular complexity index is 568. The summed E-state index contributed by atoms with van der Waals surface area (Å²) >= 11 is 5.99. The third-order valence-electron chi connectivity index (χ3n) is 3.32. The smallest absolute Gasteiger partial charge is 0.255 e. The lowest BCUT2D eigenvalue weighted by Gasteiger charge is -2.35. The summed E-state index contributed by atoms with van der Waals surface area (Å²) in [6.07, 6.45) is -0.627. The maximum atomic E-state index is 12.3. The first-order valence-corrected chi connectivity index (χ1v) is 6.88. The second kappa shape index (κ2) is 6.58. The van der Waals surface area contributed by atoms with Crippen molar-refractivity contribution in [3.8, 4) is 0 Å². The third-order valence-corrected chi connectivity index (χ3v) is 3.65. The minimum atomic E-state index is -1.39. The number of carbonyl (C=O) groups excluding carboxylic acids is 3. The van der Waals surface area contributed by atoms with Crippen molar-refractivity contribution in [2.75, 3.05) is 26.2 Å². The summed E-state index contributed by atoms with van der Waals surface area (Å²) in [6.45, 7) is 1.32. The molecule has 0 N–H and O–H groups in total. The van der Waals surface area contributed by atoms with E-state index in [9.17, 15) is 19.5 Å². The molecule has 21 heavy (non-hydrogen) atoms. The van der Waals surface area contributed by atoms with Crippen LogP contribution in [-0.2, 0) is 9.59 Å². The first-order valence-electron chi connectivity index (χ1n) is 6.50. The van der Waals surface area contributed by atoms with Crippen LogP contribution in [0, 0.1) is 0 Å². The van der Waals surface area contributed by atoms with Crippen molar-refractivity contribution in [1.82, 2.24) is 9.80 Å². The number of rotatable bonds is 3. The topological polar surface area (TPSA) is 80.8 Å². The van der Waals surface area contributed by atoms with Gasteiger partial charge in [0.15, 0.2) is 0 Å². The average Bonchev–Trinajstić information content (AvgIpc) is 2.46. The molecule has 0 spiro atoms. The van der Waals surface area contributed by atoms with Crippen LogP contribution in [0.25, 0.3) is 0 Å². The highest BCUT2D eigenvalue weighted by molar-refractivity contribution is 6.33. The molecule has 0 saturated carbocycles. The Morgan fingerprint density at radius 2 is 1.62 bits per heavy atom. The molecule has 7 heteroatoms. The lowest BCUT2D eigenvalue weighted by molar-refractivity contribution is -0.304. The molecule has 0 bridgehead atoms. The van der Waals surface area contributed by atoms with Gasteiger partial charge in [-0.1, -0.05) is 23.7 Å². The fourth-order valence-corrected chi connectivity index (χ4v) is 2.42. The predicted molar refractivity (Wildman–Crippen MR) is 73.6 cm³/mol. The molecule has 1 aliphatic rings. The van der Waals surface area contributed by atoms with Crippen LogP contribution in [0.15, 0.2) is 24.3 Å². The zero-order chi connectivity index (χ0) is 15.4. The number of nitrogens with zero attached hydrogens (tertiary/aromatic N) is 2. The van der Waals surface area contributed by atoms with Gasteiger partial charge in [-0.2, -0.15) is 0 Å². The molecular weight excluding hydrogens is 296 g/mol. The standard InChI is InChI=1S/C14H15ClN2O4/c15-11-4-2-1-3-10(11)14(21)17-7-5-16(6-8-17)12(18)9-13(19)20/h1-4H,5-9H2,(H,19,20)/p-1. The van der Waals surface area contributed by atoms with Crippen LogP contribution in [0.5, 0.6) is 0 Å². The maximum absolute atomic E-state index is 12.3. The van der Waals surface area contributed by atoms with E-state index in [4.69, 9.17) is 11.6 Å². The highest BCUT2D eigenvalue weighted by atomic mass is 35.5. The van der Waals surface area contributed by atoms with E-state index in [-0.39, 0.29) is 5.91 Å². The molecule has 0 atom stereocenters.